The van der Waals surface area contributed by atoms with Crippen molar-refractivity contribution < 1.29 is 13.9 Å². The first-order valence-corrected chi connectivity index (χ1v) is 5.56. The molecule has 0 aliphatic rings. The molecular formula is C14H13F2NO. The molecule has 2 nitrogen and oxygen atoms in total. The number of aliphatic hydroxyl groups excluding tert-OH is 1. The number of aliphatic hydroxyl groups is 1. The van der Waals surface area contributed by atoms with Crippen LogP contribution in [-0.2, 0) is 0 Å². The molecule has 4 heteroatoms. The maximum absolute atomic E-state index is 13.9. The third kappa shape index (κ3) is 2.11. The Morgan fingerprint density at radius 1 is 1.17 bits per heavy atom. The Kier molecular flexibility index (Phi) is 3.39. The first-order valence-electron chi connectivity index (χ1n) is 5.56. The van der Waals surface area contributed by atoms with Gasteiger partial charge in [-0.3, -0.25) is 4.98 Å². The molecule has 1 atom stereocenters. The van der Waals surface area contributed by atoms with E-state index in [-0.39, 0.29) is 5.56 Å². The van der Waals surface area contributed by atoms with Crippen molar-refractivity contribution in [2.24, 2.45) is 0 Å². The lowest BCUT2D eigenvalue weighted by molar-refractivity contribution is 0.207. The number of aromatic nitrogens is 1. The zero-order valence-corrected chi connectivity index (χ0v) is 10.1. The van der Waals surface area contributed by atoms with Gasteiger partial charge in [0.2, 0.25) is 0 Å². The largest absolute Gasteiger partial charge is 0.383 e. The Morgan fingerprint density at radius 2 is 1.89 bits per heavy atom. The average Bonchev–Trinajstić information content (AvgIpc) is 2.35. The van der Waals surface area contributed by atoms with E-state index in [4.69, 9.17) is 0 Å². The SMILES string of the molecule is Cc1ccc(F)c(C(O)c2cccnc2C)c1F. The highest BCUT2D eigenvalue weighted by Crippen LogP contribution is 2.29. The van der Waals surface area contributed by atoms with Crippen molar-refractivity contribution in [3.63, 3.8) is 0 Å². The van der Waals surface area contributed by atoms with Crippen LogP contribution in [0.15, 0.2) is 30.5 Å². The summed E-state index contributed by atoms with van der Waals surface area (Å²) in [5, 5.41) is 10.1. The topological polar surface area (TPSA) is 33.1 Å². The van der Waals surface area contributed by atoms with Crippen LogP contribution in [0.5, 0.6) is 0 Å². The minimum atomic E-state index is -1.35. The maximum Gasteiger partial charge on any atom is 0.135 e. The minimum absolute atomic E-state index is 0.298. The molecule has 0 saturated carbocycles. The van der Waals surface area contributed by atoms with E-state index in [1.165, 1.54) is 13.0 Å². The van der Waals surface area contributed by atoms with Crippen LogP contribution in [-0.4, -0.2) is 10.1 Å². The van der Waals surface area contributed by atoms with Crippen LogP contribution in [0, 0.1) is 25.5 Å². The molecule has 1 heterocycles. The Bertz CT molecular complexity index is 584. The summed E-state index contributed by atoms with van der Waals surface area (Å²) >= 11 is 0. The number of halogens is 2. The highest BCUT2D eigenvalue weighted by atomic mass is 19.1. The van der Waals surface area contributed by atoms with Crippen LogP contribution < -0.4 is 0 Å². The molecule has 1 unspecified atom stereocenters. The number of rotatable bonds is 2. The second-order valence-corrected chi connectivity index (χ2v) is 4.17. The zero-order valence-electron chi connectivity index (χ0n) is 10.1. The average molecular weight is 249 g/mol. The lowest BCUT2D eigenvalue weighted by Crippen LogP contribution is -2.09. The van der Waals surface area contributed by atoms with Crippen molar-refractivity contribution in [1.29, 1.82) is 0 Å². The number of hydrogen-bond acceptors (Lipinski definition) is 2. The van der Waals surface area contributed by atoms with E-state index >= 15 is 0 Å². The third-order valence-electron chi connectivity index (χ3n) is 2.94. The monoisotopic (exact) mass is 249 g/mol. The van der Waals surface area contributed by atoms with E-state index in [9.17, 15) is 13.9 Å². The van der Waals surface area contributed by atoms with Gasteiger partial charge in [0.05, 0.1) is 5.56 Å². The Morgan fingerprint density at radius 3 is 2.56 bits per heavy atom. The van der Waals surface area contributed by atoms with Gasteiger partial charge >= 0.3 is 0 Å². The molecule has 0 bridgehead atoms. The Balaban J connectivity index is 2.56. The number of benzene rings is 1. The molecule has 18 heavy (non-hydrogen) atoms. The smallest absolute Gasteiger partial charge is 0.135 e. The van der Waals surface area contributed by atoms with Gasteiger partial charge < -0.3 is 5.11 Å². The molecule has 1 aromatic heterocycles. The Labute approximate surface area is 104 Å². The van der Waals surface area contributed by atoms with Crippen LogP contribution in [0.4, 0.5) is 8.78 Å². The van der Waals surface area contributed by atoms with Crippen molar-refractivity contribution in [2.75, 3.05) is 0 Å². The van der Waals surface area contributed by atoms with Gasteiger partial charge in [0.1, 0.15) is 17.7 Å². The van der Waals surface area contributed by atoms with Crippen molar-refractivity contribution in [1.82, 2.24) is 4.98 Å². The van der Waals surface area contributed by atoms with Gasteiger partial charge in [-0.1, -0.05) is 12.1 Å². The molecule has 94 valence electrons. The summed E-state index contributed by atoms with van der Waals surface area (Å²) in [6.07, 6.45) is 0.215. The number of hydrogen-bond donors (Lipinski definition) is 1. The fraction of sp³-hybridized carbons (Fsp3) is 0.214. The van der Waals surface area contributed by atoms with Gasteiger partial charge in [-0.25, -0.2) is 8.78 Å². The summed E-state index contributed by atoms with van der Waals surface area (Å²) in [6.45, 7) is 3.21. The minimum Gasteiger partial charge on any atom is -0.383 e. The lowest BCUT2D eigenvalue weighted by atomic mass is 9.98. The predicted octanol–water partition coefficient (Wildman–Crippen LogP) is 3.06. The van der Waals surface area contributed by atoms with E-state index in [1.54, 1.807) is 25.3 Å². The normalized spacial score (nSPS) is 12.5. The van der Waals surface area contributed by atoms with Crippen LogP contribution >= 0.6 is 0 Å². The standard InChI is InChI=1S/C14H13F2NO/c1-8-5-6-11(15)12(13(8)16)14(18)10-4-3-7-17-9(10)2/h3-7,14,18H,1-2H3. The Hall–Kier alpha value is -1.81. The van der Waals surface area contributed by atoms with Gasteiger partial charge in [-0.05, 0) is 31.5 Å². The molecule has 1 aromatic carbocycles. The number of aryl methyl sites for hydroxylation is 2. The molecule has 0 amide bonds. The van der Waals surface area contributed by atoms with Gasteiger partial charge in [0.25, 0.3) is 0 Å². The van der Waals surface area contributed by atoms with Crippen molar-refractivity contribution in [3.05, 3.63) is 64.5 Å². The van der Waals surface area contributed by atoms with E-state index in [1.807, 2.05) is 0 Å². The van der Waals surface area contributed by atoms with Crippen LogP contribution in [0.3, 0.4) is 0 Å². The van der Waals surface area contributed by atoms with E-state index in [0.717, 1.165) is 6.07 Å². The maximum atomic E-state index is 13.9. The number of nitrogens with zero attached hydrogens (tertiary/aromatic N) is 1. The van der Waals surface area contributed by atoms with E-state index < -0.39 is 17.7 Å². The van der Waals surface area contributed by atoms with Crippen LogP contribution in [0.2, 0.25) is 0 Å². The highest BCUT2D eigenvalue weighted by Gasteiger charge is 2.22. The van der Waals surface area contributed by atoms with Gasteiger partial charge in [0, 0.05) is 17.5 Å². The quantitative estimate of drug-likeness (QED) is 0.887. The molecule has 2 rings (SSSR count). The summed E-state index contributed by atoms with van der Waals surface area (Å²) in [6, 6.07) is 5.73. The third-order valence-corrected chi connectivity index (χ3v) is 2.94. The van der Waals surface area contributed by atoms with E-state index in [2.05, 4.69) is 4.98 Å². The second-order valence-electron chi connectivity index (χ2n) is 4.17. The van der Waals surface area contributed by atoms with E-state index in [0.29, 0.717) is 16.8 Å². The molecule has 0 aliphatic carbocycles. The lowest BCUT2D eigenvalue weighted by Gasteiger charge is -2.15. The molecular weight excluding hydrogens is 236 g/mol. The van der Waals surface area contributed by atoms with Crippen LogP contribution in [0.25, 0.3) is 0 Å². The van der Waals surface area contributed by atoms with Crippen molar-refractivity contribution >= 4 is 0 Å². The predicted molar refractivity (Wildman–Crippen MR) is 64.1 cm³/mol. The summed E-state index contributed by atoms with van der Waals surface area (Å²) in [5.74, 6) is -1.47. The fourth-order valence-electron chi connectivity index (χ4n) is 1.87. The molecule has 0 spiro atoms. The summed E-state index contributed by atoms with van der Waals surface area (Å²) in [7, 11) is 0. The van der Waals surface area contributed by atoms with Crippen molar-refractivity contribution in [3.8, 4) is 0 Å². The summed E-state index contributed by atoms with van der Waals surface area (Å²) < 4.78 is 27.6. The molecule has 1 N–H and O–H groups in total. The molecule has 0 aliphatic heterocycles. The summed E-state index contributed by atoms with van der Waals surface area (Å²) in [4.78, 5) is 4.00. The van der Waals surface area contributed by atoms with Gasteiger partial charge in [0.15, 0.2) is 0 Å². The first kappa shape index (κ1) is 12.6. The van der Waals surface area contributed by atoms with Gasteiger partial charge in [-0.15, -0.1) is 0 Å². The zero-order chi connectivity index (χ0) is 13.3. The molecule has 2 aromatic rings. The molecule has 0 fully saturated rings. The number of pyridine rings is 1. The fourth-order valence-corrected chi connectivity index (χ4v) is 1.87. The molecule has 0 saturated heterocycles. The summed E-state index contributed by atoms with van der Waals surface area (Å²) in [5.41, 5.74) is 0.921. The molecule has 0 radical (unpaired) electrons. The van der Waals surface area contributed by atoms with Crippen molar-refractivity contribution in [2.45, 2.75) is 20.0 Å². The first-order chi connectivity index (χ1) is 8.52. The van der Waals surface area contributed by atoms with Crippen LogP contribution in [0.1, 0.15) is 28.5 Å². The highest BCUT2D eigenvalue weighted by molar-refractivity contribution is 5.36. The van der Waals surface area contributed by atoms with Gasteiger partial charge in [-0.2, -0.15) is 0 Å². The second kappa shape index (κ2) is 4.82.